The first-order valence-corrected chi connectivity index (χ1v) is 11.1. The zero-order valence-electron chi connectivity index (χ0n) is 19.6. The molecule has 31 heavy (non-hydrogen) atoms. The monoisotopic (exact) mass is 552 g/mol. The third kappa shape index (κ3) is 8.38. The minimum atomic E-state index is -0.355. The Hall–Kier alpha value is -1.14. The standard InChI is InChI=1S/C21H40N6O3.HI/c1-5-22-20(24-17-21(8-6-7-9-21)19(29)25(2)3)27-13-11-26(12-14-27)16-18(28)23-10-15-30-4;/h5-17H2,1-4H3,(H,22,24)(H,23,28);1H. The second-order valence-corrected chi connectivity index (χ2v) is 8.46. The summed E-state index contributed by atoms with van der Waals surface area (Å²) in [6.45, 7) is 8.10. The van der Waals surface area contributed by atoms with Crippen LogP contribution in [0.2, 0.25) is 0 Å². The van der Waals surface area contributed by atoms with E-state index in [-0.39, 0.29) is 41.2 Å². The zero-order valence-corrected chi connectivity index (χ0v) is 21.9. The fourth-order valence-corrected chi connectivity index (χ4v) is 4.29. The molecule has 0 bridgehead atoms. The van der Waals surface area contributed by atoms with Gasteiger partial charge in [0, 0.05) is 60.5 Å². The topological polar surface area (TPSA) is 89.5 Å². The van der Waals surface area contributed by atoms with Crippen molar-refractivity contribution in [2.75, 3.05) is 80.2 Å². The van der Waals surface area contributed by atoms with Crippen LogP contribution < -0.4 is 10.6 Å². The highest BCUT2D eigenvalue weighted by atomic mass is 127. The third-order valence-electron chi connectivity index (χ3n) is 5.95. The molecule has 0 aromatic rings. The summed E-state index contributed by atoms with van der Waals surface area (Å²) < 4.78 is 4.96. The predicted molar refractivity (Wildman–Crippen MR) is 134 cm³/mol. The lowest BCUT2D eigenvalue weighted by atomic mass is 9.85. The van der Waals surface area contributed by atoms with Crippen molar-refractivity contribution in [3.63, 3.8) is 0 Å². The largest absolute Gasteiger partial charge is 0.383 e. The van der Waals surface area contributed by atoms with Gasteiger partial charge in [-0.3, -0.25) is 19.5 Å². The number of hydrogen-bond donors (Lipinski definition) is 2. The number of piperazine rings is 1. The number of ether oxygens (including phenoxy) is 1. The van der Waals surface area contributed by atoms with E-state index in [0.29, 0.717) is 26.2 Å². The number of guanidine groups is 1. The number of hydrogen-bond acceptors (Lipinski definition) is 5. The first kappa shape index (κ1) is 27.9. The van der Waals surface area contributed by atoms with Crippen LogP contribution in [-0.2, 0) is 14.3 Å². The predicted octanol–water partition coefficient (Wildman–Crippen LogP) is 0.599. The highest BCUT2D eigenvalue weighted by Gasteiger charge is 2.42. The van der Waals surface area contributed by atoms with E-state index >= 15 is 0 Å². The van der Waals surface area contributed by atoms with Gasteiger partial charge in [0.25, 0.3) is 0 Å². The van der Waals surface area contributed by atoms with Crippen LogP contribution in [0.25, 0.3) is 0 Å². The molecule has 0 aromatic carbocycles. The quantitative estimate of drug-likeness (QED) is 0.189. The molecule has 2 N–H and O–H groups in total. The molecule has 1 saturated carbocycles. The maximum absolute atomic E-state index is 12.8. The van der Waals surface area contributed by atoms with Gasteiger partial charge in [-0.25, -0.2) is 0 Å². The Labute approximate surface area is 204 Å². The van der Waals surface area contributed by atoms with E-state index in [1.54, 1.807) is 12.0 Å². The Balaban J connectivity index is 0.00000480. The number of methoxy groups -OCH3 is 1. The Bertz CT molecular complexity index is 588. The van der Waals surface area contributed by atoms with Crippen molar-refractivity contribution in [3.8, 4) is 0 Å². The normalized spacial score (nSPS) is 19.0. The molecule has 180 valence electrons. The lowest BCUT2D eigenvalue weighted by Gasteiger charge is -2.37. The fourth-order valence-electron chi connectivity index (χ4n) is 4.29. The summed E-state index contributed by atoms with van der Waals surface area (Å²) in [5.74, 6) is 1.11. The molecular formula is C21H41IN6O3. The van der Waals surface area contributed by atoms with Gasteiger partial charge in [0.15, 0.2) is 5.96 Å². The van der Waals surface area contributed by atoms with Gasteiger partial charge in [-0.15, -0.1) is 24.0 Å². The molecule has 1 aliphatic carbocycles. The lowest BCUT2D eigenvalue weighted by Crippen LogP contribution is -2.54. The van der Waals surface area contributed by atoms with Crippen molar-refractivity contribution in [1.82, 2.24) is 25.3 Å². The summed E-state index contributed by atoms with van der Waals surface area (Å²) in [6.07, 6.45) is 4.02. The molecule has 0 atom stereocenters. The van der Waals surface area contributed by atoms with Crippen LogP contribution >= 0.6 is 24.0 Å². The van der Waals surface area contributed by atoms with Crippen molar-refractivity contribution in [2.24, 2.45) is 10.4 Å². The van der Waals surface area contributed by atoms with Crippen molar-refractivity contribution < 1.29 is 14.3 Å². The Morgan fingerprint density at radius 2 is 1.74 bits per heavy atom. The summed E-state index contributed by atoms with van der Waals surface area (Å²) >= 11 is 0. The first-order valence-electron chi connectivity index (χ1n) is 11.1. The van der Waals surface area contributed by atoms with E-state index in [2.05, 4.69) is 27.4 Å². The van der Waals surface area contributed by atoms with E-state index in [0.717, 1.165) is 64.4 Å². The number of nitrogens with one attached hydrogen (secondary N) is 2. The molecule has 2 amide bonds. The molecule has 9 nitrogen and oxygen atoms in total. The van der Waals surface area contributed by atoms with Gasteiger partial charge >= 0.3 is 0 Å². The van der Waals surface area contributed by atoms with E-state index in [1.807, 2.05) is 14.1 Å². The van der Waals surface area contributed by atoms with Crippen molar-refractivity contribution >= 4 is 41.8 Å². The summed E-state index contributed by atoms with van der Waals surface area (Å²) in [5.41, 5.74) is -0.355. The number of aliphatic imine (C=N–C) groups is 1. The minimum Gasteiger partial charge on any atom is -0.383 e. The van der Waals surface area contributed by atoms with Crippen molar-refractivity contribution in [2.45, 2.75) is 32.6 Å². The van der Waals surface area contributed by atoms with E-state index in [1.165, 1.54) is 0 Å². The van der Waals surface area contributed by atoms with E-state index < -0.39 is 0 Å². The molecule has 2 fully saturated rings. The van der Waals surface area contributed by atoms with Gasteiger partial charge in [-0.2, -0.15) is 0 Å². The molecule has 1 saturated heterocycles. The first-order chi connectivity index (χ1) is 14.4. The molecule has 0 aromatic heterocycles. The van der Waals surface area contributed by atoms with Gasteiger partial charge in [0.2, 0.25) is 11.8 Å². The summed E-state index contributed by atoms with van der Waals surface area (Å²) in [7, 11) is 5.30. The highest BCUT2D eigenvalue weighted by Crippen LogP contribution is 2.39. The van der Waals surface area contributed by atoms with Gasteiger partial charge in [-0.05, 0) is 19.8 Å². The van der Waals surface area contributed by atoms with Gasteiger partial charge in [0.1, 0.15) is 0 Å². The van der Waals surface area contributed by atoms with Crippen LogP contribution in [0.15, 0.2) is 4.99 Å². The van der Waals surface area contributed by atoms with Gasteiger partial charge in [0.05, 0.1) is 25.1 Å². The second kappa shape index (κ2) is 14.1. The fraction of sp³-hybridized carbons (Fsp3) is 0.857. The second-order valence-electron chi connectivity index (χ2n) is 8.46. The number of carbonyl (C=O) groups excluding carboxylic acids is 2. The molecule has 1 heterocycles. The molecular weight excluding hydrogens is 511 g/mol. The number of halogens is 1. The zero-order chi connectivity index (χ0) is 22.0. The van der Waals surface area contributed by atoms with Gasteiger partial charge < -0.3 is 25.2 Å². The van der Waals surface area contributed by atoms with Crippen LogP contribution in [0.1, 0.15) is 32.6 Å². The average molecular weight is 553 g/mol. The molecule has 0 spiro atoms. The maximum atomic E-state index is 12.8. The number of nitrogens with zero attached hydrogens (tertiary/aromatic N) is 4. The molecule has 0 radical (unpaired) electrons. The number of amides is 2. The molecule has 10 heteroatoms. The Morgan fingerprint density at radius 3 is 2.29 bits per heavy atom. The van der Waals surface area contributed by atoms with Crippen molar-refractivity contribution in [3.05, 3.63) is 0 Å². The molecule has 1 aliphatic heterocycles. The molecule has 2 aliphatic rings. The summed E-state index contributed by atoms with van der Waals surface area (Å²) in [5, 5.41) is 6.26. The number of rotatable bonds is 9. The Kier molecular flexibility index (Phi) is 12.7. The number of carbonyl (C=O) groups is 2. The van der Waals surface area contributed by atoms with E-state index in [4.69, 9.17) is 9.73 Å². The maximum Gasteiger partial charge on any atom is 0.234 e. The van der Waals surface area contributed by atoms with Crippen LogP contribution in [0.3, 0.4) is 0 Å². The summed E-state index contributed by atoms with van der Waals surface area (Å²) in [4.78, 5) is 35.9. The molecule has 2 rings (SSSR count). The highest BCUT2D eigenvalue weighted by molar-refractivity contribution is 14.0. The summed E-state index contributed by atoms with van der Waals surface area (Å²) in [6, 6.07) is 0. The lowest BCUT2D eigenvalue weighted by molar-refractivity contribution is -0.138. The average Bonchev–Trinajstić information content (AvgIpc) is 3.21. The van der Waals surface area contributed by atoms with Crippen LogP contribution in [-0.4, -0.2) is 113 Å². The van der Waals surface area contributed by atoms with Gasteiger partial charge in [-0.1, -0.05) is 12.8 Å². The molecule has 0 unspecified atom stereocenters. The smallest absolute Gasteiger partial charge is 0.234 e. The van der Waals surface area contributed by atoms with E-state index in [9.17, 15) is 9.59 Å². The third-order valence-corrected chi connectivity index (χ3v) is 5.95. The van der Waals surface area contributed by atoms with Crippen molar-refractivity contribution in [1.29, 1.82) is 0 Å². The minimum absolute atomic E-state index is 0. The van der Waals surface area contributed by atoms with Crippen LogP contribution in [0.4, 0.5) is 0 Å². The van der Waals surface area contributed by atoms with Crippen LogP contribution in [0.5, 0.6) is 0 Å². The SMILES string of the molecule is CCNC(=NCC1(C(=O)N(C)C)CCCC1)N1CCN(CC(=O)NCCOC)CC1.I. The van der Waals surface area contributed by atoms with Crippen LogP contribution in [0, 0.1) is 5.41 Å². The Morgan fingerprint density at radius 1 is 1.10 bits per heavy atom.